The number of benzene rings is 2. The Morgan fingerprint density at radius 1 is 1.07 bits per heavy atom. The lowest BCUT2D eigenvalue weighted by molar-refractivity contribution is -0.150. The Labute approximate surface area is 173 Å². The smallest absolute Gasteiger partial charge is 0.416 e. The van der Waals surface area contributed by atoms with Gasteiger partial charge < -0.3 is 10.1 Å². The Kier molecular flexibility index (Phi) is 8.21. The van der Waals surface area contributed by atoms with E-state index in [0.717, 1.165) is 36.6 Å². The monoisotopic (exact) mass is 419 g/mol. The Morgan fingerprint density at radius 3 is 2.43 bits per heavy atom. The third-order valence-electron chi connectivity index (χ3n) is 4.39. The topological polar surface area (TPSA) is 55.4 Å². The van der Waals surface area contributed by atoms with Crippen LogP contribution in [-0.2, 0) is 26.9 Å². The maximum Gasteiger partial charge on any atom is 0.416 e. The summed E-state index contributed by atoms with van der Waals surface area (Å²) < 4.78 is 43.2. The SMILES string of the molecule is C[C@H](OC(=O)/C=C/c1cccc(C(F)(F)F)c1)C(=O)N[C@@H](C)CCc1ccccc1. The summed E-state index contributed by atoms with van der Waals surface area (Å²) in [7, 11) is 0. The van der Waals surface area contributed by atoms with Crippen LogP contribution in [0.4, 0.5) is 13.2 Å². The lowest BCUT2D eigenvalue weighted by Crippen LogP contribution is -2.40. The average Bonchev–Trinajstić information content (AvgIpc) is 2.71. The van der Waals surface area contributed by atoms with Crippen LogP contribution in [0.5, 0.6) is 0 Å². The molecule has 0 radical (unpaired) electrons. The molecule has 1 N–H and O–H groups in total. The Bertz CT molecular complexity index is 879. The molecule has 0 spiro atoms. The number of esters is 1. The maximum absolute atomic E-state index is 12.7. The highest BCUT2D eigenvalue weighted by atomic mass is 19.4. The van der Waals surface area contributed by atoms with Crippen molar-refractivity contribution in [1.82, 2.24) is 5.32 Å². The summed E-state index contributed by atoms with van der Waals surface area (Å²) in [5.74, 6) is -1.25. The molecule has 0 unspecified atom stereocenters. The largest absolute Gasteiger partial charge is 0.449 e. The maximum atomic E-state index is 12.7. The molecule has 0 bridgehead atoms. The summed E-state index contributed by atoms with van der Waals surface area (Å²) in [4.78, 5) is 24.1. The van der Waals surface area contributed by atoms with E-state index in [1.54, 1.807) is 0 Å². The molecule has 0 fully saturated rings. The van der Waals surface area contributed by atoms with Crippen molar-refractivity contribution in [3.63, 3.8) is 0 Å². The van der Waals surface area contributed by atoms with Gasteiger partial charge in [0, 0.05) is 12.1 Å². The summed E-state index contributed by atoms with van der Waals surface area (Å²) >= 11 is 0. The van der Waals surface area contributed by atoms with E-state index >= 15 is 0 Å². The van der Waals surface area contributed by atoms with Gasteiger partial charge in [0.25, 0.3) is 5.91 Å². The van der Waals surface area contributed by atoms with E-state index in [4.69, 9.17) is 4.74 Å². The van der Waals surface area contributed by atoms with Crippen LogP contribution in [0, 0.1) is 0 Å². The molecule has 2 rings (SSSR count). The zero-order chi connectivity index (χ0) is 22.1. The highest BCUT2D eigenvalue weighted by molar-refractivity contribution is 5.90. The number of aryl methyl sites for hydroxylation is 1. The van der Waals surface area contributed by atoms with Crippen molar-refractivity contribution >= 4 is 18.0 Å². The molecule has 2 aromatic carbocycles. The van der Waals surface area contributed by atoms with Crippen LogP contribution in [0.15, 0.2) is 60.7 Å². The zero-order valence-corrected chi connectivity index (χ0v) is 16.8. The van der Waals surface area contributed by atoms with Crippen molar-refractivity contribution < 1.29 is 27.5 Å². The van der Waals surface area contributed by atoms with Crippen molar-refractivity contribution in [1.29, 1.82) is 0 Å². The van der Waals surface area contributed by atoms with Gasteiger partial charge in [0.15, 0.2) is 6.10 Å². The number of halogens is 3. The number of ether oxygens (including phenoxy) is 1. The molecule has 0 saturated carbocycles. The number of alkyl halides is 3. The lowest BCUT2D eigenvalue weighted by Gasteiger charge is -2.17. The number of amides is 1. The summed E-state index contributed by atoms with van der Waals surface area (Å²) in [6.07, 6.45) is -1.75. The molecule has 0 saturated heterocycles. The first kappa shape index (κ1) is 23.2. The number of carbonyl (C=O) groups is 2. The van der Waals surface area contributed by atoms with Gasteiger partial charge in [-0.1, -0.05) is 42.5 Å². The summed E-state index contributed by atoms with van der Waals surface area (Å²) in [6, 6.07) is 14.3. The molecular weight excluding hydrogens is 395 g/mol. The summed E-state index contributed by atoms with van der Waals surface area (Å²) in [6.45, 7) is 3.30. The highest BCUT2D eigenvalue weighted by Crippen LogP contribution is 2.29. The van der Waals surface area contributed by atoms with Crippen LogP contribution in [-0.4, -0.2) is 24.0 Å². The number of carbonyl (C=O) groups excluding carboxylic acids is 2. The molecule has 0 aliphatic heterocycles. The Hall–Kier alpha value is -3.09. The second-order valence-electron chi connectivity index (χ2n) is 6.97. The highest BCUT2D eigenvalue weighted by Gasteiger charge is 2.30. The lowest BCUT2D eigenvalue weighted by atomic mass is 10.1. The summed E-state index contributed by atoms with van der Waals surface area (Å²) in [5.41, 5.74) is 0.557. The van der Waals surface area contributed by atoms with Crippen LogP contribution < -0.4 is 5.32 Å². The van der Waals surface area contributed by atoms with E-state index in [-0.39, 0.29) is 11.6 Å². The van der Waals surface area contributed by atoms with Crippen molar-refractivity contribution in [2.75, 3.05) is 0 Å². The van der Waals surface area contributed by atoms with Gasteiger partial charge in [0.1, 0.15) is 0 Å². The zero-order valence-electron chi connectivity index (χ0n) is 16.8. The molecule has 30 heavy (non-hydrogen) atoms. The molecule has 0 aliphatic carbocycles. The molecule has 160 valence electrons. The molecule has 2 aromatic rings. The molecule has 4 nitrogen and oxygen atoms in total. The number of nitrogens with one attached hydrogen (secondary N) is 1. The van der Waals surface area contributed by atoms with Gasteiger partial charge in [0.2, 0.25) is 0 Å². The molecule has 0 heterocycles. The first-order valence-corrected chi connectivity index (χ1v) is 9.55. The second-order valence-corrected chi connectivity index (χ2v) is 6.97. The van der Waals surface area contributed by atoms with Gasteiger partial charge in [0.05, 0.1) is 5.56 Å². The third-order valence-corrected chi connectivity index (χ3v) is 4.39. The van der Waals surface area contributed by atoms with Gasteiger partial charge in [-0.3, -0.25) is 4.79 Å². The van der Waals surface area contributed by atoms with Crippen LogP contribution in [0.3, 0.4) is 0 Å². The second kappa shape index (κ2) is 10.6. The number of rotatable bonds is 8. The van der Waals surface area contributed by atoms with Crippen LogP contribution >= 0.6 is 0 Å². The molecule has 0 aromatic heterocycles. The first-order valence-electron chi connectivity index (χ1n) is 9.55. The first-order chi connectivity index (χ1) is 14.1. The Balaban J connectivity index is 1.81. The van der Waals surface area contributed by atoms with Crippen LogP contribution in [0.25, 0.3) is 6.08 Å². The van der Waals surface area contributed by atoms with Crippen molar-refractivity contribution in [2.45, 2.75) is 45.0 Å². The van der Waals surface area contributed by atoms with E-state index < -0.39 is 29.7 Å². The molecule has 2 atom stereocenters. The Morgan fingerprint density at radius 2 is 1.77 bits per heavy atom. The minimum atomic E-state index is -4.46. The fourth-order valence-corrected chi connectivity index (χ4v) is 2.71. The molecule has 7 heteroatoms. The van der Waals surface area contributed by atoms with Gasteiger partial charge >= 0.3 is 12.1 Å². The van der Waals surface area contributed by atoms with Gasteiger partial charge in [-0.05, 0) is 56.0 Å². The van der Waals surface area contributed by atoms with Gasteiger partial charge in [-0.15, -0.1) is 0 Å². The fraction of sp³-hybridized carbons (Fsp3) is 0.304. The molecule has 1 amide bonds. The van der Waals surface area contributed by atoms with E-state index in [2.05, 4.69) is 5.32 Å². The number of hydrogen-bond donors (Lipinski definition) is 1. The van der Waals surface area contributed by atoms with Gasteiger partial charge in [-0.2, -0.15) is 13.2 Å². The molecular formula is C23H24F3NO3. The van der Waals surface area contributed by atoms with E-state index in [1.807, 2.05) is 37.3 Å². The van der Waals surface area contributed by atoms with Crippen molar-refractivity contribution in [3.8, 4) is 0 Å². The fourth-order valence-electron chi connectivity index (χ4n) is 2.71. The van der Waals surface area contributed by atoms with Crippen molar-refractivity contribution in [3.05, 3.63) is 77.4 Å². The predicted octanol–water partition coefficient (Wildman–Crippen LogP) is 4.79. The third kappa shape index (κ3) is 7.73. The quantitative estimate of drug-likeness (QED) is 0.495. The normalized spacial score (nSPS) is 13.6. The minimum absolute atomic E-state index is 0.112. The predicted molar refractivity (Wildman–Crippen MR) is 108 cm³/mol. The van der Waals surface area contributed by atoms with Crippen LogP contribution in [0.2, 0.25) is 0 Å². The average molecular weight is 419 g/mol. The van der Waals surface area contributed by atoms with Gasteiger partial charge in [-0.25, -0.2) is 4.79 Å². The molecule has 0 aliphatic rings. The van der Waals surface area contributed by atoms with Crippen molar-refractivity contribution in [2.24, 2.45) is 0 Å². The van der Waals surface area contributed by atoms with E-state index in [9.17, 15) is 22.8 Å². The minimum Gasteiger partial charge on any atom is -0.449 e. The number of hydrogen-bond acceptors (Lipinski definition) is 3. The van der Waals surface area contributed by atoms with E-state index in [1.165, 1.54) is 25.1 Å². The summed E-state index contributed by atoms with van der Waals surface area (Å²) in [5, 5.41) is 2.79. The van der Waals surface area contributed by atoms with E-state index in [0.29, 0.717) is 0 Å². The van der Waals surface area contributed by atoms with Crippen LogP contribution in [0.1, 0.15) is 37.0 Å². The standard InChI is InChI=1S/C23H24F3NO3/c1-16(11-12-18-7-4-3-5-8-18)27-22(29)17(2)30-21(28)14-13-19-9-6-10-20(15-19)23(24,25)26/h3-10,13-17H,11-12H2,1-2H3,(H,27,29)/b14-13+/t16-,17-/m0/s1.